The highest BCUT2D eigenvalue weighted by Gasteiger charge is 2.26. The molecular formula is C18H14BrNO4. The number of nitrogens with one attached hydrogen (secondary N) is 1. The van der Waals surface area contributed by atoms with Gasteiger partial charge in [0.1, 0.15) is 0 Å². The monoisotopic (exact) mass is 387 g/mol. The number of benzene rings is 2. The molecule has 1 aliphatic rings. The number of phenolic OH excluding ortho intramolecular Hbond substituents is 1. The van der Waals surface area contributed by atoms with Gasteiger partial charge >= 0.3 is 0 Å². The van der Waals surface area contributed by atoms with Crippen molar-refractivity contribution in [1.82, 2.24) is 5.32 Å². The Bertz CT molecular complexity index is 873. The number of ether oxygens (including phenoxy) is 1. The van der Waals surface area contributed by atoms with Crippen LogP contribution >= 0.6 is 15.9 Å². The third-order valence-electron chi connectivity index (χ3n) is 3.60. The van der Waals surface area contributed by atoms with Gasteiger partial charge in [-0.05, 0) is 58.3 Å². The Morgan fingerprint density at radius 2 is 1.88 bits per heavy atom. The summed E-state index contributed by atoms with van der Waals surface area (Å²) in [6.45, 7) is 2.22. The Balaban J connectivity index is 2.13. The number of fused-ring (bicyclic) bond motifs is 1. The molecule has 122 valence electrons. The molecule has 1 aliphatic heterocycles. The van der Waals surface area contributed by atoms with E-state index < -0.39 is 11.8 Å². The van der Waals surface area contributed by atoms with Gasteiger partial charge < -0.3 is 9.84 Å². The summed E-state index contributed by atoms with van der Waals surface area (Å²) in [4.78, 5) is 24.2. The lowest BCUT2D eigenvalue weighted by Crippen LogP contribution is -2.36. The van der Waals surface area contributed by atoms with Crippen molar-refractivity contribution in [3.05, 3.63) is 57.6 Å². The summed E-state index contributed by atoms with van der Waals surface area (Å²) in [6.07, 6.45) is 1.66. The predicted molar refractivity (Wildman–Crippen MR) is 93.8 cm³/mol. The smallest absolute Gasteiger partial charge is 0.258 e. The maximum Gasteiger partial charge on any atom is 0.258 e. The summed E-state index contributed by atoms with van der Waals surface area (Å²) >= 11 is 3.27. The maximum absolute atomic E-state index is 12.2. The highest BCUT2D eigenvalue weighted by Crippen LogP contribution is 2.37. The molecule has 0 aromatic heterocycles. The summed E-state index contributed by atoms with van der Waals surface area (Å²) in [5.74, 6) is -0.544. The zero-order valence-electron chi connectivity index (χ0n) is 12.8. The molecule has 5 nitrogen and oxygen atoms in total. The van der Waals surface area contributed by atoms with E-state index in [1.807, 2.05) is 6.92 Å². The fourth-order valence-corrected chi connectivity index (χ4v) is 2.99. The topological polar surface area (TPSA) is 75.6 Å². The van der Waals surface area contributed by atoms with E-state index in [1.165, 1.54) is 0 Å². The van der Waals surface area contributed by atoms with E-state index in [2.05, 4.69) is 21.2 Å². The number of rotatable bonds is 3. The minimum Gasteiger partial charge on any atom is -0.503 e. The first kappa shape index (κ1) is 16.3. The summed E-state index contributed by atoms with van der Waals surface area (Å²) in [7, 11) is 0. The molecule has 0 atom stereocenters. The van der Waals surface area contributed by atoms with Crippen molar-refractivity contribution in [2.24, 2.45) is 0 Å². The van der Waals surface area contributed by atoms with Crippen molar-refractivity contribution < 1.29 is 19.4 Å². The van der Waals surface area contributed by atoms with Crippen LogP contribution in [-0.4, -0.2) is 23.5 Å². The molecule has 1 heterocycles. The number of carbonyl (C=O) groups is 2. The molecule has 3 rings (SSSR count). The Hall–Kier alpha value is -2.60. The third kappa shape index (κ3) is 2.92. The van der Waals surface area contributed by atoms with Crippen molar-refractivity contribution in [1.29, 1.82) is 0 Å². The van der Waals surface area contributed by atoms with Gasteiger partial charge in [-0.2, -0.15) is 0 Å². The lowest BCUT2D eigenvalue weighted by Gasteiger charge is -2.18. The van der Waals surface area contributed by atoms with Crippen molar-refractivity contribution in [3.63, 3.8) is 0 Å². The molecule has 0 bridgehead atoms. The first-order chi connectivity index (χ1) is 11.5. The summed E-state index contributed by atoms with van der Waals surface area (Å²) < 4.78 is 5.86. The molecule has 2 amide bonds. The Kier molecular flexibility index (Phi) is 4.40. The fraction of sp³-hybridized carbons (Fsp3) is 0.111. The second-order valence-electron chi connectivity index (χ2n) is 5.17. The Labute approximate surface area is 147 Å². The fourth-order valence-electron chi connectivity index (χ4n) is 2.53. The first-order valence-corrected chi connectivity index (χ1v) is 8.12. The average molecular weight is 388 g/mol. The quantitative estimate of drug-likeness (QED) is 0.625. The zero-order chi connectivity index (χ0) is 17.3. The van der Waals surface area contributed by atoms with Crippen LogP contribution in [0.25, 0.3) is 11.6 Å². The Morgan fingerprint density at radius 1 is 1.17 bits per heavy atom. The maximum atomic E-state index is 12.2. The van der Waals surface area contributed by atoms with Crippen LogP contribution in [0.15, 0.2) is 40.9 Å². The van der Waals surface area contributed by atoms with Crippen LogP contribution in [0, 0.1) is 0 Å². The molecule has 2 aromatic rings. The molecule has 2 N–H and O–H groups in total. The van der Waals surface area contributed by atoms with Gasteiger partial charge in [-0.25, -0.2) is 0 Å². The number of hydrogen-bond donors (Lipinski definition) is 2. The minimum atomic E-state index is -0.458. The van der Waals surface area contributed by atoms with Gasteiger partial charge in [0.15, 0.2) is 11.5 Å². The standard InChI is InChI=1S/C18H14BrNO4/c1-2-24-15-9-10(8-14(19)16(15)21)7-13-11-5-3-4-6-12(11)17(22)20-18(13)23/h3-9,21H,2H2,1H3,(H,20,22,23)/b13-7-. The van der Waals surface area contributed by atoms with Crippen molar-refractivity contribution in [3.8, 4) is 11.5 Å². The molecule has 0 fully saturated rings. The molecule has 6 heteroatoms. The lowest BCUT2D eigenvalue weighted by molar-refractivity contribution is -0.114. The molecule has 0 saturated heterocycles. The van der Waals surface area contributed by atoms with E-state index in [0.29, 0.717) is 39.1 Å². The Morgan fingerprint density at radius 3 is 2.58 bits per heavy atom. The number of carbonyl (C=O) groups excluding carboxylic acids is 2. The van der Waals surface area contributed by atoms with Crippen LogP contribution in [0.1, 0.15) is 28.4 Å². The molecule has 0 aliphatic carbocycles. The molecule has 0 unspecified atom stereocenters. The van der Waals surface area contributed by atoms with E-state index in [1.54, 1.807) is 42.5 Å². The van der Waals surface area contributed by atoms with Gasteiger partial charge in [-0.15, -0.1) is 0 Å². The normalized spacial score (nSPS) is 15.2. The van der Waals surface area contributed by atoms with Gasteiger partial charge in [0.25, 0.3) is 11.8 Å². The van der Waals surface area contributed by atoms with E-state index >= 15 is 0 Å². The summed E-state index contributed by atoms with van der Waals surface area (Å²) in [6, 6.07) is 10.2. The van der Waals surface area contributed by atoms with Gasteiger partial charge in [0.05, 0.1) is 11.1 Å². The van der Waals surface area contributed by atoms with Crippen LogP contribution in [0.3, 0.4) is 0 Å². The third-order valence-corrected chi connectivity index (χ3v) is 4.20. The van der Waals surface area contributed by atoms with E-state index in [9.17, 15) is 14.7 Å². The van der Waals surface area contributed by atoms with Gasteiger partial charge in [0, 0.05) is 11.1 Å². The highest BCUT2D eigenvalue weighted by atomic mass is 79.9. The summed E-state index contributed by atoms with van der Waals surface area (Å²) in [5.41, 5.74) is 2.07. The highest BCUT2D eigenvalue weighted by molar-refractivity contribution is 9.10. The predicted octanol–water partition coefficient (Wildman–Crippen LogP) is 3.36. The van der Waals surface area contributed by atoms with E-state index in [0.717, 1.165) is 0 Å². The largest absolute Gasteiger partial charge is 0.503 e. The van der Waals surface area contributed by atoms with Crippen LogP contribution in [0.2, 0.25) is 0 Å². The van der Waals surface area contributed by atoms with Gasteiger partial charge in [0.2, 0.25) is 0 Å². The molecule has 0 spiro atoms. The number of amides is 2. The number of aromatic hydroxyl groups is 1. The molecule has 0 radical (unpaired) electrons. The number of hydrogen-bond acceptors (Lipinski definition) is 4. The van der Waals surface area contributed by atoms with Crippen molar-refractivity contribution in [2.45, 2.75) is 6.92 Å². The van der Waals surface area contributed by atoms with E-state index in [-0.39, 0.29) is 5.75 Å². The second kappa shape index (κ2) is 6.49. The van der Waals surface area contributed by atoms with Crippen molar-refractivity contribution >= 4 is 39.4 Å². The number of halogens is 1. The SMILES string of the molecule is CCOc1cc(/C=C2\C(=O)NC(=O)c3ccccc32)cc(Br)c1O. The van der Waals surface area contributed by atoms with Crippen LogP contribution in [0.4, 0.5) is 0 Å². The minimum absolute atomic E-state index is 0.00248. The van der Waals surface area contributed by atoms with E-state index in [4.69, 9.17) is 4.74 Å². The zero-order valence-corrected chi connectivity index (χ0v) is 14.4. The molecule has 24 heavy (non-hydrogen) atoms. The first-order valence-electron chi connectivity index (χ1n) is 7.33. The lowest BCUT2D eigenvalue weighted by atomic mass is 9.93. The van der Waals surface area contributed by atoms with Crippen LogP contribution < -0.4 is 10.1 Å². The van der Waals surface area contributed by atoms with Gasteiger partial charge in [-0.3, -0.25) is 14.9 Å². The van der Waals surface area contributed by atoms with Crippen molar-refractivity contribution in [2.75, 3.05) is 6.61 Å². The number of imide groups is 1. The molecule has 2 aromatic carbocycles. The van der Waals surface area contributed by atoms with Crippen LogP contribution in [-0.2, 0) is 4.79 Å². The number of phenols is 1. The molecular weight excluding hydrogens is 374 g/mol. The molecule has 0 saturated carbocycles. The van der Waals surface area contributed by atoms with Gasteiger partial charge in [-0.1, -0.05) is 18.2 Å². The second-order valence-corrected chi connectivity index (χ2v) is 6.02. The summed E-state index contributed by atoms with van der Waals surface area (Å²) in [5, 5.41) is 12.3. The average Bonchev–Trinajstić information content (AvgIpc) is 2.56. The van der Waals surface area contributed by atoms with Crippen LogP contribution in [0.5, 0.6) is 11.5 Å².